The summed E-state index contributed by atoms with van der Waals surface area (Å²) in [6.07, 6.45) is 2.17. The van der Waals surface area contributed by atoms with Gasteiger partial charge in [-0.05, 0) is 12.1 Å². The summed E-state index contributed by atoms with van der Waals surface area (Å²) in [6.45, 7) is 0. The van der Waals surface area contributed by atoms with Crippen LogP contribution < -0.4 is 10.1 Å². The van der Waals surface area contributed by atoms with E-state index in [0.717, 1.165) is 0 Å². The molecule has 0 spiro atoms. The number of methoxy groups -OCH3 is 1. The summed E-state index contributed by atoms with van der Waals surface area (Å²) in [5, 5.41) is 2.46. The second kappa shape index (κ2) is 3.55. The molecule has 1 aromatic rings. The van der Waals surface area contributed by atoms with Crippen LogP contribution in [0.25, 0.3) is 0 Å². The molecule has 0 saturated heterocycles. The van der Waals surface area contributed by atoms with Crippen LogP contribution in [0.15, 0.2) is 18.3 Å². The van der Waals surface area contributed by atoms with E-state index in [1.54, 1.807) is 18.3 Å². The molecule has 0 fully saturated rings. The number of aromatic nitrogens is 1. The average molecular weight is 152 g/mol. The van der Waals surface area contributed by atoms with Crippen LogP contribution in [0.2, 0.25) is 0 Å². The number of anilines is 1. The van der Waals surface area contributed by atoms with Crippen molar-refractivity contribution in [2.24, 2.45) is 0 Å². The van der Waals surface area contributed by atoms with Crippen LogP contribution in [0.1, 0.15) is 0 Å². The van der Waals surface area contributed by atoms with Crippen molar-refractivity contribution in [3.8, 4) is 5.88 Å². The van der Waals surface area contributed by atoms with E-state index >= 15 is 0 Å². The second-order valence-electron chi connectivity index (χ2n) is 1.82. The molecule has 1 aromatic heterocycles. The van der Waals surface area contributed by atoms with Crippen LogP contribution in [0.4, 0.5) is 5.69 Å². The molecule has 1 N–H and O–H groups in total. The maximum atomic E-state index is 10.0. The quantitative estimate of drug-likeness (QED) is 0.647. The fourth-order valence-electron chi connectivity index (χ4n) is 0.727. The van der Waals surface area contributed by atoms with Crippen LogP contribution >= 0.6 is 0 Å². The number of pyridine rings is 1. The van der Waals surface area contributed by atoms with E-state index in [0.29, 0.717) is 18.0 Å². The van der Waals surface area contributed by atoms with Gasteiger partial charge in [0.2, 0.25) is 12.3 Å². The lowest BCUT2D eigenvalue weighted by atomic mass is 10.4. The molecule has 0 aliphatic heterocycles. The number of amides is 1. The second-order valence-corrected chi connectivity index (χ2v) is 1.82. The van der Waals surface area contributed by atoms with Gasteiger partial charge in [0.1, 0.15) is 5.69 Å². The summed E-state index contributed by atoms with van der Waals surface area (Å²) in [4.78, 5) is 13.9. The maximum Gasteiger partial charge on any atom is 0.237 e. The van der Waals surface area contributed by atoms with E-state index in [4.69, 9.17) is 4.74 Å². The fourth-order valence-corrected chi connectivity index (χ4v) is 0.727. The van der Waals surface area contributed by atoms with Gasteiger partial charge in [-0.15, -0.1) is 0 Å². The summed E-state index contributed by atoms with van der Waals surface area (Å²) in [6, 6.07) is 3.43. The maximum absolute atomic E-state index is 10.0. The molecule has 0 aliphatic carbocycles. The first-order chi connectivity index (χ1) is 5.38. The highest BCUT2D eigenvalue weighted by Crippen LogP contribution is 2.18. The molecule has 0 saturated carbocycles. The van der Waals surface area contributed by atoms with Gasteiger partial charge in [-0.2, -0.15) is 0 Å². The van der Waals surface area contributed by atoms with Gasteiger partial charge in [-0.25, -0.2) is 4.98 Å². The first-order valence-corrected chi connectivity index (χ1v) is 3.07. The standard InChI is InChI=1S/C7H8N2O2/c1-11-7-6(9-5-10)3-2-4-8-7/h2-5H,1H3,(H,9,10). The van der Waals surface area contributed by atoms with Crippen LogP contribution in [-0.2, 0) is 4.79 Å². The molecule has 0 radical (unpaired) electrons. The first kappa shape index (κ1) is 7.53. The van der Waals surface area contributed by atoms with Gasteiger partial charge >= 0.3 is 0 Å². The topological polar surface area (TPSA) is 51.2 Å². The highest BCUT2D eigenvalue weighted by atomic mass is 16.5. The average Bonchev–Trinajstić information content (AvgIpc) is 2.06. The SMILES string of the molecule is COc1ncccc1NC=O. The number of hydrogen-bond acceptors (Lipinski definition) is 3. The van der Waals surface area contributed by atoms with Gasteiger partial charge in [0.05, 0.1) is 7.11 Å². The molecule has 4 nitrogen and oxygen atoms in total. The van der Waals surface area contributed by atoms with Crippen LogP contribution in [-0.4, -0.2) is 18.5 Å². The van der Waals surface area contributed by atoms with E-state index in [9.17, 15) is 4.79 Å². The van der Waals surface area contributed by atoms with Gasteiger partial charge in [-0.1, -0.05) is 0 Å². The van der Waals surface area contributed by atoms with Crippen LogP contribution in [0, 0.1) is 0 Å². The van der Waals surface area contributed by atoms with Gasteiger partial charge in [0.25, 0.3) is 0 Å². The third kappa shape index (κ3) is 1.67. The Kier molecular flexibility index (Phi) is 2.43. The van der Waals surface area contributed by atoms with E-state index in [1.807, 2.05) is 0 Å². The summed E-state index contributed by atoms with van der Waals surface area (Å²) < 4.78 is 4.87. The number of rotatable bonds is 3. The number of carbonyl (C=O) groups is 1. The molecule has 1 amide bonds. The monoisotopic (exact) mass is 152 g/mol. The minimum Gasteiger partial charge on any atom is -0.480 e. The predicted molar refractivity (Wildman–Crippen MR) is 40.5 cm³/mol. The van der Waals surface area contributed by atoms with Crippen molar-refractivity contribution in [1.82, 2.24) is 4.98 Å². The Bertz CT molecular complexity index is 250. The van der Waals surface area contributed by atoms with Crippen molar-refractivity contribution in [3.05, 3.63) is 18.3 Å². The first-order valence-electron chi connectivity index (χ1n) is 3.07. The van der Waals surface area contributed by atoms with Crippen molar-refractivity contribution in [3.63, 3.8) is 0 Å². The van der Waals surface area contributed by atoms with E-state index in [1.165, 1.54) is 7.11 Å². The molecule has 0 atom stereocenters. The molecule has 0 aliphatic rings. The highest BCUT2D eigenvalue weighted by molar-refractivity contribution is 5.73. The molecule has 1 rings (SSSR count). The van der Waals surface area contributed by atoms with Gasteiger partial charge in [0, 0.05) is 6.20 Å². The van der Waals surface area contributed by atoms with Crippen LogP contribution in [0.5, 0.6) is 5.88 Å². The Morgan fingerprint density at radius 1 is 1.73 bits per heavy atom. The smallest absolute Gasteiger partial charge is 0.237 e. The molecule has 1 heterocycles. The molecular weight excluding hydrogens is 144 g/mol. The number of carbonyl (C=O) groups excluding carboxylic acids is 1. The Morgan fingerprint density at radius 3 is 3.18 bits per heavy atom. The van der Waals surface area contributed by atoms with Gasteiger partial charge in [-0.3, -0.25) is 4.79 Å². The van der Waals surface area contributed by atoms with Gasteiger partial charge < -0.3 is 10.1 Å². The zero-order valence-corrected chi connectivity index (χ0v) is 6.07. The molecule has 0 unspecified atom stereocenters. The fraction of sp³-hybridized carbons (Fsp3) is 0.143. The Hall–Kier alpha value is -1.58. The number of nitrogens with one attached hydrogen (secondary N) is 1. The van der Waals surface area contributed by atoms with Crippen molar-refractivity contribution >= 4 is 12.1 Å². The summed E-state index contributed by atoms with van der Waals surface area (Å²) >= 11 is 0. The van der Waals surface area contributed by atoms with Gasteiger partial charge in [0.15, 0.2) is 0 Å². The predicted octanol–water partition coefficient (Wildman–Crippen LogP) is 0.658. The minimum atomic E-state index is 0.416. The lowest BCUT2D eigenvalue weighted by Crippen LogP contribution is -1.98. The van der Waals surface area contributed by atoms with Crippen molar-refractivity contribution < 1.29 is 9.53 Å². The zero-order valence-electron chi connectivity index (χ0n) is 6.07. The third-order valence-electron chi connectivity index (χ3n) is 1.18. The summed E-state index contributed by atoms with van der Waals surface area (Å²) in [7, 11) is 1.50. The molecule has 58 valence electrons. The van der Waals surface area contributed by atoms with E-state index in [-0.39, 0.29) is 0 Å². The van der Waals surface area contributed by atoms with E-state index in [2.05, 4.69) is 10.3 Å². The summed E-state index contributed by atoms with van der Waals surface area (Å²) in [5.74, 6) is 0.416. The highest BCUT2D eigenvalue weighted by Gasteiger charge is 1.99. The zero-order chi connectivity index (χ0) is 8.10. The number of hydrogen-bond donors (Lipinski definition) is 1. The lowest BCUT2D eigenvalue weighted by Gasteiger charge is -2.03. The molecule has 0 aromatic carbocycles. The van der Waals surface area contributed by atoms with Crippen molar-refractivity contribution in [1.29, 1.82) is 0 Å². The van der Waals surface area contributed by atoms with Crippen molar-refractivity contribution in [2.45, 2.75) is 0 Å². The number of ether oxygens (including phenoxy) is 1. The molecular formula is C7H8N2O2. The van der Waals surface area contributed by atoms with E-state index < -0.39 is 0 Å². The molecule has 0 bridgehead atoms. The van der Waals surface area contributed by atoms with Crippen molar-refractivity contribution in [2.75, 3.05) is 12.4 Å². The summed E-state index contributed by atoms with van der Waals surface area (Å²) in [5.41, 5.74) is 0.574. The Balaban J connectivity index is 2.92. The third-order valence-corrected chi connectivity index (χ3v) is 1.18. The lowest BCUT2D eigenvalue weighted by molar-refractivity contribution is -0.105. The minimum absolute atomic E-state index is 0.416. The molecule has 11 heavy (non-hydrogen) atoms. The van der Waals surface area contributed by atoms with Crippen LogP contribution in [0.3, 0.4) is 0 Å². The number of nitrogens with zero attached hydrogens (tertiary/aromatic N) is 1. The largest absolute Gasteiger partial charge is 0.480 e. The Labute approximate surface area is 64.2 Å². The molecule has 4 heteroatoms. The normalized spacial score (nSPS) is 8.82. The Morgan fingerprint density at radius 2 is 2.55 bits per heavy atom.